The van der Waals surface area contributed by atoms with Crippen molar-refractivity contribution in [3.8, 4) is 0 Å². The van der Waals surface area contributed by atoms with Crippen LogP contribution in [0.1, 0.15) is 40.5 Å². The van der Waals surface area contributed by atoms with Crippen molar-refractivity contribution in [3.05, 3.63) is 22.2 Å². The molecule has 0 saturated carbocycles. The van der Waals surface area contributed by atoms with Gasteiger partial charge in [-0.05, 0) is 31.5 Å². The van der Waals surface area contributed by atoms with Gasteiger partial charge in [0.2, 0.25) is 0 Å². The van der Waals surface area contributed by atoms with Gasteiger partial charge in [0.15, 0.2) is 8.32 Å². The molecule has 6 heteroatoms. The van der Waals surface area contributed by atoms with E-state index in [2.05, 4.69) is 33.9 Å². The molecule has 22 heavy (non-hydrogen) atoms. The predicted octanol–water partition coefficient (Wildman–Crippen LogP) is 4.87. The van der Waals surface area contributed by atoms with Gasteiger partial charge in [-0.3, -0.25) is 0 Å². The van der Waals surface area contributed by atoms with Crippen molar-refractivity contribution in [1.82, 2.24) is 0 Å². The molecule has 1 aliphatic rings. The van der Waals surface area contributed by atoms with Crippen molar-refractivity contribution in [3.63, 3.8) is 0 Å². The summed E-state index contributed by atoms with van der Waals surface area (Å²) in [5.74, 6) is -0.0848. The van der Waals surface area contributed by atoms with Crippen LogP contribution in [0.15, 0.2) is 22.2 Å². The molecule has 0 bridgehead atoms. The van der Waals surface area contributed by atoms with Gasteiger partial charge >= 0.3 is 0 Å². The zero-order valence-corrected chi connectivity index (χ0v) is 16.2. The van der Waals surface area contributed by atoms with Crippen LogP contribution in [0.5, 0.6) is 0 Å². The lowest BCUT2D eigenvalue weighted by molar-refractivity contribution is 0.114. The summed E-state index contributed by atoms with van der Waals surface area (Å²) in [6.45, 7) is 12.9. The van der Waals surface area contributed by atoms with Crippen molar-refractivity contribution < 1.29 is 18.7 Å². The molecule has 1 atom stereocenters. The summed E-state index contributed by atoms with van der Waals surface area (Å²) in [6, 6.07) is 0. The van der Waals surface area contributed by atoms with Gasteiger partial charge in [0.1, 0.15) is 17.7 Å². The minimum atomic E-state index is -2.01. The van der Waals surface area contributed by atoms with E-state index in [1.165, 1.54) is 0 Å². The first-order valence-electron chi connectivity index (χ1n) is 7.73. The number of halogens is 2. The van der Waals surface area contributed by atoms with Gasteiger partial charge in [-0.2, -0.15) is 0 Å². The summed E-state index contributed by atoms with van der Waals surface area (Å²) < 4.78 is 25.8. The van der Waals surface area contributed by atoms with Gasteiger partial charge < -0.3 is 14.3 Å². The van der Waals surface area contributed by atoms with Gasteiger partial charge in [-0.15, -0.1) is 0 Å². The number of hydrogen-bond donors (Lipinski definition) is 1. The second-order valence-electron chi connectivity index (χ2n) is 7.08. The van der Waals surface area contributed by atoms with Crippen molar-refractivity contribution in [2.75, 3.05) is 13.2 Å². The molecular weight excluding hydrogens is 323 g/mol. The Bertz CT molecular complexity index is 463. The molecule has 1 rings (SSSR count). The molecule has 0 saturated heterocycles. The number of aliphatic hydroxyl groups excluding tert-OH is 1. The van der Waals surface area contributed by atoms with Crippen LogP contribution in [0.2, 0.25) is 18.1 Å². The smallest absolute Gasteiger partial charge is 0.192 e. The molecule has 1 unspecified atom stereocenters. The molecule has 1 aliphatic carbocycles. The van der Waals surface area contributed by atoms with E-state index >= 15 is 0 Å². The van der Waals surface area contributed by atoms with Gasteiger partial charge in [0.05, 0.1) is 23.8 Å². The zero-order chi connectivity index (χ0) is 17.1. The Morgan fingerprint density at radius 1 is 1.32 bits per heavy atom. The Labute approximate surface area is 139 Å². The van der Waals surface area contributed by atoms with E-state index < -0.39 is 20.2 Å². The van der Waals surface area contributed by atoms with Crippen molar-refractivity contribution in [1.29, 1.82) is 0 Å². The minimum absolute atomic E-state index is 0.0302. The number of rotatable bonds is 6. The number of allylic oxidation sites excluding steroid dienone is 2. The molecule has 0 aliphatic heterocycles. The third kappa shape index (κ3) is 4.57. The largest absolute Gasteiger partial charge is 0.498 e. The zero-order valence-electron chi connectivity index (χ0n) is 14.4. The normalized spacial score (nSPS) is 18.8. The van der Waals surface area contributed by atoms with Crippen LogP contribution in [0, 0.1) is 0 Å². The lowest BCUT2D eigenvalue weighted by Crippen LogP contribution is -2.43. The van der Waals surface area contributed by atoms with Gasteiger partial charge in [0.25, 0.3) is 0 Å². The van der Waals surface area contributed by atoms with Gasteiger partial charge in [-0.1, -0.05) is 32.4 Å². The molecular formula is C16H28ClFO3Si. The SMILES string of the molecule is CCOC1=C(C(O)CO[Si](C)(C)C(C)(C)C)C(F)=C(Cl)CC1. The molecule has 1 N–H and O–H groups in total. The highest BCUT2D eigenvalue weighted by molar-refractivity contribution is 6.74. The van der Waals surface area contributed by atoms with Crippen molar-refractivity contribution >= 4 is 19.9 Å². The Kier molecular flexibility index (Phi) is 6.68. The molecule has 0 heterocycles. The average Bonchev–Trinajstić information content (AvgIpc) is 2.40. The first-order valence-corrected chi connectivity index (χ1v) is 11.0. The quantitative estimate of drug-likeness (QED) is 0.694. The van der Waals surface area contributed by atoms with Crippen LogP contribution in [-0.2, 0) is 9.16 Å². The average molecular weight is 351 g/mol. The monoisotopic (exact) mass is 350 g/mol. The summed E-state index contributed by atoms with van der Waals surface area (Å²) in [5.41, 5.74) is 0.150. The fourth-order valence-corrected chi connectivity index (χ4v) is 3.18. The highest BCUT2D eigenvalue weighted by Gasteiger charge is 2.38. The first kappa shape index (κ1) is 19.7. The van der Waals surface area contributed by atoms with Crippen LogP contribution in [0.3, 0.4) is 0 Å². The van der Waals surface area contributed by atoms with E-state index in [9.17, 15) is 9.50 Å². The summed E-state index contributed by atoms with van der Waals surface area (Å²) in [6.07, 6.45) is -0.154. The molecule has 0 aromatic heterocycles. The lowest BCUT2D eigenvalue weighted by Gasteiger charge is -2.37. The number of aliphatic hydroxyl groups is 1. The van der Waals surface area contributed by atoms with E-state index in [0.717, 1.165) is 0 Å². The molecule has 3 nitrogen and oxygen atoms in total. The maximum atomic E-state index is 14.3. The molecule has 0 spiro atoms. The molecule has 0 aromatic carbocycles. The Hall–Kier alpha value is -0.363. The molecule has 0 fully saturated rings. The highest BCUT2D eigenvalue weighted by Crippen LogP contribution is 2.38. The number of ether oxygens (including phenoxy) is 1. The van der Waals surface area contributed by atoms with Crippen LogP contribution in [0.25, 0.3) is 0 Å². The second-order valence-corrected chi connectivity index (χ2v) is 12.3. The summed E-state index contributed by atoms with van der Waals surface area (Å²) in [5, 5.41) is 10.6. The maximum absolute atomic E-state index is 14.3. The second kappa shape index (κ2) is 7.47. The fourth-order valence-electron chi connectivity index (χ4n) is 1.98. The molecule has 0 radical (unpaired) electrons. The summed E-state index contributed by atoms with van der Waals surface area (Å²) in [7, 11) is -2.01. The fraction of sp³-hybridized carbons (Fsp3) is 0.750. The maximum Gasteiger partial charge on any atom is 0.192 e. The first-order chi connectivity index (χ1) is 10.0. The van der Waals surface area contributed by atoms with Crippen molar-refractivity contribution in [2.24, 2.45) is 0 Å². The lowest BCUT2D eigenvalue weighted by atomic mass is 9.99. The van der Waals surface area contributed by atoms with E-state index in [1.54, 1.807) is 0 Å². The minimum Gasteiger partial charge on any atom is -0.498 e. The Morgan fingerprint density at radius 2 is 1.91 bits per heavy atom. The van der Waals surface area contributed by atoms with Crippen LogP contribution >= 0.6 is 11.6 Å². The third-order valence-corrected chi connectivity index (χ3v) is 9.26. The van der Waals surface area contributed by atoms with E-state index in [-0.39, 0.29) is 22.3 Å². The van der Waals surface area contributed by atoms with Gasteiger partial charge in [-0.25, -0.2) is 4.39 Å². The van der Waals surface area contributed by atoms with E-state index in [4.69, 9.17) is 20.8 Å². The van der Waals surface area contributed by atoms with Crippen molar-refractivity contribution in [2.45, 2.75) is 64.8 Å². The molecule has 128 valence electrons. The topological polar surface area (TPSA) is 38.7 Å². The van der Waals surface area contributed by atoms with E-state index in [1.807, 2.05) is 6.92 Å². The molecule has 0 aromatic rings. The highest BCUT2D eigenvalue weighted by atomic mass is 35.5. The van der Waals surface area contributed by atoms with Crippen LogP contribution < -0.4 is 0 Å². The van der Waals surface area contributed by atoms with Crippen LogP contribution in [-0.4, -0.2) is 32.7 Å². The number of hydrogen-bond acceptors (Lipinski definition) is 3. The Balaban J connectivity index is 2.92. The van der Waals surface area contributed by atoms with Crippen LogP contribution in [0.4, 0.5) is 4.39 Å². The molecule has 0 amide bonds. The standard InChI is InChI=1S/C16H28ClFO3Si/c1-7-20-13-9-8-11(17)15(18)14(13)12(19)10-21-22(5,6)16(2,3)4/h12,19H,7-10H2,1-6H3. The summed E-state index contributed by atoms with van der Waals surface area (Å²) >= 11 is 5.91. The van der Waals surface area contributed by atoms with Gasteiger partial charge in [0, 0.05) is 6.42 Å². The predicted molar refractivity (Wildman–Crippen MR) is 91.0 cm³/mol. The summed E-state index contributed by atoms with van der Waals surface area (Å²) in [4.78, 5) is 0. The third-order valence-electron chi connectivity index (χ3n) is 4.41. The van der Waals surface area contributed by atoms with E-state index in [0.29, 0.717) is 25.2 Å². The Morgan fingerprint density at radius 3 is 2.41 bits per heavy atom.